The third-order valence-corrected chi connectivity index (χ3v) is 4.15. The Morgan fingerprint density at radius 1 is 1.17 bits per heavy atom. The lowest BCUT2D eigenvalue weighted by atomic mass is 10.0. The van der Waals surface area contributed by atoms with E-state index in [-0.39, 0.29) is 0 Å². The van der Waals surface area contributed by atoms with Crippen LogP contribution in [-0.4, -0.2) is 11.0 Å². The van der Waals surface area contributed by atoms with Crippen LogP contribution in [0.15, 0.2) is 24.3 Å². The van der Waals surface area contributed by atoms with Gasteiger partial charge in [-0.1, -0.05) is 26.0 Å². The molecule has 18 heavy (non-hydrogen) atoms. The fourth-order valence-electron chi connectivity index (χ4n) is 1.94. The molecule has 0 aliphatic heterocycles. The van der Waals surface area contributed by atoms with Crippen molar-refractivity contribution in [1.82, 2.24) is 10.3 Å². The van der Waals surface area contributed by atoms with Crippen LogP contribution in [0.4, 0.5) is 0 Å². The highest BCUT2D eigenvalue weighted by Crippen LogP contribution is 2.21. The molecule has 1 aromatic heterocycles. The highest BCUT2D eigenvalue weighted by Gasteiger charge is 2.06. The van der Waals surface area contributed by atoms with Gasteiger partial charge in [-0.3, -0.25) is 0 Å². The second kappa shape index (κ2) is 6.30. The molecule has 0 spiro atoms. The molecule has 1 atom stereocenters. The molecule has 0 fully saturated rings. The first-order chi connectivity index (χ1) is 8.65. The van der Waals surface area contributed by atoms with Gasteiger partial charge < -0.3 is 5.32 Å². The minimum Gasteiger partial charge on any atom is -0.308 e. The summed E-state index contributed by atoms with van der Waals surface area (Å²) in [5.41, 5.74) is 1.12. The zero-order valence-corrected chi connectivity index (χ0v) is 12.3. The average Bonchev–Trinajstić information content (AvgIpc) is 2.76. The number of aromatic nitrogens is 1. The van der Waals surface area contributed by atoms with Crippen molar-refractivity contribution in [2.45, 2.75) is 46.2 Å². The first-order valence-electron chi connectivity index (χ1n) is 6.73. The Morgan fingerprint density at radius 3 is 2.67 bits per heavy atom. The quantitative estimate of drug-likeness (QED) is 0.843. The van der Waals surface area contributed by atoms with Crippen LogP contribution in [0.25, 0.3) is 10.2 Å². The first kappa shape index (κ1) is 13.5. The number of thiazole rings is 1. The molecule has 0 aliphatic rings. The maximum Gasteiger partial charge on any atom is 0.108 e. The number of hydrogen-bond acceptors (Lipinski definition) is 3. The monoisotopic (exact) mass is 262 g/mol. The van der Waals surface area contributed by atoms with E-state index < -0.39 is 0 Å². The molecule has 98 valence electrons. The van der Waals surface area contributed by atoms with Crippen LogP contribution in [0.1, 0.15) is 38.6 Å². The Bertz CT molecular complexity index is 457. The van der Waals surface area contributed by atoms with Crippen LogP contribution in [0.3, 0.4) is 0 Å². The van der Waals surface area contributed by atoms with Gasteiger partial charge >= 0.3 is 0 Å². The van der Waals surface area contributed by atoms with Crippen LogP contribution < -0.4 is 5.32 Å². The Balaban J connectivity index is 1.86. The van der Waals surface area contributed by atoms with Crippen molar-refractivity contribution in [3.8, 4) is 0 Å². The summed E-state index contributed by atoms with van der Waals surface area (Å²) in [5.74, 6) is 0.789. The lowest BCUT2D eigenvalue weighted by Crippen LogP contribution is -2.25. The highest BCUT2D eigenvalue weighted by atomic mass is 32.1. The molecule has 1 N–H and O–H groups in total. The van der Waals surface area contributed by atoms with Gasteiger partial charge in [0.2, 0.25) is 0 Å². The van der Waals surface area contributed by atoms with E-state index in [0.29, 0.717) is 6.04 Å². The minimum absolute atomic E-state index is 0.569. The molecule has 0 saturated heterocycles. The molecule has 2 rings (SSSR count). The molecule has 1 heterocycles. The van der Waals surface area contributed by atoms with Crippen molar-refractivity contribution in [3.05, 3.63) is 29.3 Å². The van der Waals surface area contributed by atoms with Crippen molar-refractivity contribution in [2.75, 3.05) is 0 Å². The van der Waals surface area contributed by atoms with Crippen molar-refractivity contribution < 1.29 is 0 Å². The number of nitrogens with one attached hydrogen (secondary N) is 1. The van der Waals surface area contributed by atoms with E-state index in [2.05, 4.69) is 49.3 Å². The van der Waals surface area contributed by atoms with E-state index in [1.165, 1.54) is 22.5 Å². The number of rotatable bonds is 6. The van der Waals surface area contributed by atoms with Gasteiger partial charge in [0.15, 0.2) is 0 Å². The summed E-state index contributed by atoms with van der Waals surface area (Å²) in [5, 5.41) is 4.75. The van der Waals surface area contributed by atoms with Gasteiger partial charge in [-0.15, -0.1) is 11.3 Å². The van der Waals surface area contributed by atoms with Crippen LogP contribution in [0.2, 0.25) is 0 Å². The second-order valence-electron chi connectivity index (χ2n) is 5.33. The molecule has 1 aromatic carbocycles. The van der Waals surface area contributed by atoms with E-state index in [0.717, 1.165) is 18.0 Å². The van der Waals surface area contributed by atoms with Gasteiger partial charge in [0.25, 0.3) is 0 Å². The Labute approximate surface area is 113 Å². The van der Waals surface area contributed by atoms with Crippen LogP contribution in [0.5, 0.6) is 0 Å². The lowest BCUT2D eigenvalue weighted by molar-refractivity contribution is 0.450. The fourth-order valence-corrected chi connectivity index (χ4v) is 2.86. The summed E-state index contributed by atoms with van der Waals surface area (Å²) in [6.07, 6.45) is 2.52. The third kappa shape index (κ3) is 3.79. The van der Waals surface area contributed by atoms with E-state index in [9.17, 15) is 0 Å². The number of benzene rings is 1. The summed E-state index contributed by atoms with van der Waals surface area (Å²) < 4.78 is 1.28. The maximum atomic E-state index is 4.64. The maximum absolute atomic E-state index is 4.64. The number of fused-ring (bicyclic) bond motifs is 1. The predicted molar refractivity (Wildman–Crippen MR) is 80.0 cm³/mol. The Hall–Kier alpha value is -0.930. The topological polar surface area (TPSA) is 24.9 Å². The molecule has 2 nitrogen and oxygen atoms in total. The third-order valence-electron chi connectivity index (χ3n) is 3.12. The zero-order valence-electron chi connectivity index (χ0n) is 11.4. The standard InChI is InChI=1S/C15H22N2S/c1-11(2)8-9-12(3)16-10-15-17-13-6-4-5-7-14(13)18-15/h4-7,11-12,16H,8-10H2,1-3H3. The SMILES string of the molecule is CC(C)CCC(C)NCc1nc2ccccc2s1. The first-order valence-corrected chi connectivity index (χ1v) is 7.54. The summed E-state index contributed by atoms with van der Waals surface area (Å²) in [4.78, 5) is 4.64. The van der Waals surface area contributed by atoms with Gasteiger partial charge in [0.1, 0.15) is 5.01 Å². The van der Waals surface area contributed by atoms with Gasteiger partial charge in [0, 0.05) is 12.6 Å². The second-order valence-corrected chi connectivity index (χ2v) is 6.44. The van der Waals surface area contributed by atoms with Crippen molar-refractivity contribution >= 4 is 21.6 Å². The molecular weight excluding hydrogens is 240 g/mol. The zero-order chi connectivity index (χ0) is 13.0. The molecule has 3 heteroatoms. The van der Waals surface area contributed by atoms with Gasteiger partial charge in [-0.2, -0.15) is 0 Å². The molecule has 1 unspecified atom stereocenters. The largest absolute Gasteiger partial charge is 0.308 e. The summed E-state index contributed by atoms with van der Waals surface area (Å²) >= 11 is 1.79. The van der Waals surface area contributed by atoms with Crippen LogP contribution in [0, 0.1) is 5.92 Å². The van der Waals surface area contributed by atoms with Gasteiger partial charge in [-0.25, -0.2) is 4.98 Å². The Morgan fingerprint density at radius 2 is 1.94 bits per heavy atom. The number of para-hydroxylation sites is 1. The molecule has 0 bridgehead atoms. The predicted octanol–water partition coefficient (Wildman–Crippen LogP) is 4.21. The number of nitrogens with zero attached hydrogens (tertiary/aromatic N) is 1. The fraction of sp³-hybridized carbons (Fsp3) is 0.533. The average molecular weight is 262 g/mol. The molecule has 0 aliphatic carbocycles. The van der Waals surface area contributed by atoms with Gasteiger partial charge in [-0.05, 0) is 37.8 Å². The van der Waals surface area contributed by atoms with Crippen molar-refractivity contribution in [2.24, 2.45) is 5.92 Å². The normalized spacial score (nSPS) is 13.3. The molecule has 0 amide bonds. The molecule has 2 aromatic rings. The Kier molecular flexibility index (Phi) is 4.72. The van der Waals surface area contributed by atoms with E-state index >= 15 is 0 Å². The van der Waals surface area contributed by atoms with E-state index in [1.54, 1.807) is 11.3 Å². The van der Waals surface area contributed by atoms with E-state index in [4.69, 9.17) is 0 Å². The summed E-state index contributed by atoms with van der Waals surface area (Å²) in [6.45, 7) is 7.70. The molecule has 0 radical (unpaired) electrons. The molecular formula is C15H22N2S. The van der Waals surface area contributed by atoms with Gasteiger partial charge in [0.05, 0.1) is 10.2 Å². The smallest absolute Gasteiger partial charge is 0.108 e. The van der Waals surface area contributed by atoms with Crippen LogP contribution >= 0.6 is 11.3 Å². The highest BCUT2D eigenvalue weighted by molar-refractivity contribution is 7.18. The summed E-state index contributed by atoms with van der Waals surface area (Å²) in [6, 6.07) is 8.91. The van der Waals surface area contributed by atoms with E-state index in [1.807, 2.05) is 6.07 Å². The lowest BCUT2D eigenvalue weighted by Gasteiger charge is -2.13. The minimum atomic E-state index is 0.569. The van der Waals surface area contributed by atoms with Crippen LogP contribution in [-0.2, 0) is 6.54 Å². The number of hydrogen-bond donors (Lipinski definition) is 1. The van der Waals surface area contributed by atoms with Crippen molar-refractivity contribution in [1.29, 1.82) is 0 Å². The molecule has 0 saturated carbocycles. The summed E-state index contributed by atoms with van der Waals surface area (Å²) in [7, 11) is 0. The van der Waals surface area contributed by atoms with Crippen molar-refractivity contribution in [3.63, 3.8) is 0 Å².